The minimum absolute atomic E-state index is 0.728. The third-order valence-electron chi connectivity index (χ3n) is 3.30. The van der Waals surface area contributed by atoms with E-state index in [1.54, 1.807) is 0 Å². The second-order valence-corrected chi connectivity index (χ2v) is 6.76. The zero-order valence-electron chi connectivity index (χ0n) is 13.9. The van der Waals surface area contributed by atoms with Gasteiger partial charge in [-0.25, -0.2) is 0 Å². The van der Waals surface area contributed by atoms with Gasteiger partial charge in [0.05, 0.1) is 0 Å². The summed E-state index contributed by atoms with van der Waals surface area (Å²) >= 11 is 0. The van der Waals surface area contributed by atoms with E-state index < -0.39 is 0 Å². The molecule has 0 amide bonds. The molecule has 114 valence electrons. The van der Waals surface area contributed by atoms with Crippen LogP contribution in [-0.4, -0.2) is 31.6 Å². The zero-order valence-corrected chi connectivity index (χ0v) is 13.9. The van der Waals surface area contributed by atoms with E-state index in [0.29, 0.717) is 0 Å². The Morgan fingerprint density at radius 3 is 2.10 bits per heavy atom. The molecular weight excluding hydrogens is 244 g/mol. The lowest BCUT2D eigenvalue weighted by molar-refractivity contribution is 0.288. The van der Waals surface area contributed by atoms with Crippen molar-refractivity contribution in [3.8, 4) is 0 Å². The first-order valence-corrected chi connectivity index (χ1v) is 7.94. The molecule has 20 heavy (non-hydrogen) atoms. The summed E-state index contributed by atoms with van der Waals surface area (Å²) in [6, 6.07) is 9.09. The van der Waals surface area contributed by atoms with Crippen molar-refractivity contribution in [3.05, 3.63) is 35.4 Å². The van der Waals surface area contributed by atoms with Gasteiger partial charge in [-0.2, -0.15) is 0 Å². The number of hydrogen-bond donors (Lipinski definition) is 1. The van der Waals surface area contributed by atoms with Gasteiger partial charge in [-0.15, -0.1) is 0 Å². The fourth-order valence-corrected chi connectivity index (χ4v) is 2.43. The highest BCUT2D eigenvalue weighted by Crippen LogP contribution is 2.08. The lowest BCUT2D eigenvalue weighted by atomic mass is 10.1. The van der Waals surface area contributed by atoms with Gasteiger partial charge in [-0.1, -0.05) is 52.0 Å². The lowest BCUT2D eigenvalue weighted by Gasteiger charge is -2.19. The van der Waals surface area contributed by atoms with Gasteiger partial charge in [-0.3, -0.25) is 0 Å². The maximum atomic E-state index is 3.49. The maximum absolute atomic E-state index is 3.49. The van der Waals surface area contributed by atoms with E-state index in [9.17, 15) is 0 Å². The fourth-order valence-electron chi connectivity index (χ4n) is 2.43. The molecule has 1 N–H and O–H groups in total. The Hall–Kier alpha value is -0.860. The predicted molar refractivity (Wildman–Crippen MR) is 89.0 cm³/mol. The largest absolute Gasteiger partial charge is 0.316 e. The summed E-state index contributed by atoms with van der Waals surface area (Å²) in [6.45, 7) is 13.4. The predicted octanol–water partition coefficient (Wildman–Crippen LogP) is 3.56. The van der Waals surface area contributed by atoms with Crippen LogP contribution < -0.4 is 5.32 Å². The second kappa shape index (κ2) is 9.15. The highest BCUT2D eigenvalue weighted by Gasteiger charge is 2.03. The summed E-state index contributed by atoms with van der Waals surface area (Å²) < 4.78 is 0. The molecule has 0 atom stereocenters. The third kappa shape index (κ3) is 7.66. The topological polar surface area (TPSA) is 15.3 Å². The molecule has 0 heterocycles. The van der Waals surface area contributed by atoms with Gasteiger partial charge >= 0.3 is 0 Å². The molecule has 1 aromatic carbocycles. The van der Waals surface area contributed by atoms with Gasteiger partial charge in [0.15, 0.2) is 0 Å². The van der Waals surface area contributed by atoms with Crippen LogP contribution in [0.25, 0.3) is 0 Å². The molecule has 2 heteroatoms. The molecule has 0 aliphatic carbocycles. The van der Waals surface area contributed by atoms with E-state index in [4.69, 9.17) is 0 Å². The molecule has 0 saturated carbocycles. The summed E-state index contributed by atoms with van der Waals surface area (Å²) in [7, 11) is 2.20. The highest BCUT2D eigenvalue weighted by molar-refractivity contribution is 5.22. The van der Waals surface area contributed by atoms with Gasteiger partial charge in [0.25, 0.3) is 0 Å². The SMILES string of the molecule is CC(C)CNCCc1ccc(CN(C)CC(C)C)cc1. The maximum Gasteiger partial charge on any atom is 0.0230 e. The van der Waals surface area contributed by atoms with Crippen LogP contribution in [0.3, 0.4) is 0 Å². The first-order chi connectivity index (χ1) is 9.47. The first-order valence-electron chi connectivity index (χ1n) is 7.94. The van der Waals surface area contributed by atoms with E-state index in [-0.39, 0.29) is 0 Å². The molecule has 0 aromatic heterocycles. The van der Waals surface area contributed by atoms with Crippen molar-refractivity contribution in [2.45, 2.75) is 40.7 Å². The van der Waals surface area contributed by atoms with Crippen LogP contribution in [-0.2, 0) is 13.0 Å². The molecular formula is C18H32N2. The summed E-state index contributed by atoms with van der Waals surface area (Å²) in [5.41, 5.74) is 2.84. The van der Waals surface area contributed by atoms with Gasteiger partial charge in [0.1, 0.15) is 0 Å². The Morgan fingerprint density at radius 2 is 1.55 bits per heavy atom. The fraction of sp³-hybridized carbons (Fsp3) is 0.667. The van der Waals surface area contributed by atoms with Gasteiger partial charge in [0.2, 0.25) is 0 Å². The molecule has 2 nitrogen and oxygen atoms in total. The van der Waals surface area contributed by atoms with Crippen LogP contribution in [0.5, 0.6) is 0 Å². The molecule has 0 radical (unpaired) electrons. The molecule has 1 aromatic rings. The summed E-state index contributed by atoms with van der Waals surface area (Å²) in [4.78, 5) is 2.39. The van der Waals surface area contributed by atoms with E-state index in [0.717, 1.165) is 44.4 Å². The summed E-state index contributed by atoms with van der Waals surface area (Å²) in [5.74, 6) is 1.46. The van der Waals surface area contributed by atoms with Crippen molar-refractivity contribution in [1.82, 2.24) is 10.2 Å². The van der Waals surface area contributed by atoms with Crippen molar-refractivity contribution in [1.29, 1.82) is 0 Å². The third-order valence-corrected chi connectivity index (χ3v) is 3.30. The molecule has 0 unspecified atom stereocenters. The van der Waals surface area contributed by atoms with Crippen LogP contribution in [0, 0.1) is 11.8 Å². The average Bonchev–Trinajstić information content (AvgIpc) is 2.35. The second-order valence-electron chi connectivity index (χ2n) is 6.76. The molecule has 0 spiro atoms. The normalized spacial score (nSPS) is 11.8. The quantitative estimate of drug-likeness (QED) is 0.694. The summed E-state index contributed by atoms with van der Waals surface area (Å²) in [5, 5.41) is 3.49. The Kier molecular flexibility index (Phi) is 7.86. The number of nitrogens with zero attached hydrogens (tertiary/aromatic N) is 1. The van der Waals surface area contributed by atoms with Crippen molar-refractivity contribution in [2.75, 3.05) is 26.7 Å². The van der Waals surface area contributed by atoms with Crippen LogP contribution >= 0.6 is 0 Å². The van der Waals surface area contributed by atoms with E-state index in [1.807, 2.05) is 0 Å². The van der Waals surface area contributed by atoms with E-state index in [2.05, 4.69) is 69.2 Å². The lowest BCUT2D eigenvalue weighted by Crippen LogP contribution is -2.23. The van der Waals surface area contributed by atoms with E-state index >= 15 is 0 Å². The van der Waals surface area contributed by atoms with E-state index in [1.165, 1.54) is 11.1 Å². The van der Waals surface area contributed by atoms with Crippen LogP contribution in [0.1, 0.15) is 38.8 Å². The van der Waals surface area contributed by atoms with Crippen molar-refractivity contribution >= 4 is 0 Å². The van der Waals surface area contributed by atoms with Crippen LogP contribution in [0.4, 0.5) is 0 Å². The van der Waals surface area contributed by atoms with Crippen LogP contribution in [0.2, 0.25) is 0 Å². The smallest absolute Gasteiger partial charge is 0.0230 e. The molecule has 0 fully saturated rings. The van der Waals surface area contributed by atoms with Crippen molar-refractivity contribution in [3.63, 3.8) is 0 Å². The van der Waals surface area contributed by atoms with Gasteiger partial charge < -0.3 is 10.2 Å². The average molecular weight is 276 g/mol. The monoisotopic (exact) mass is 276 g/mol. The zero-order chi connectivity index (χ0) is 15.0. The molecule has 0 aliphatic rings. The Labute approximate surface area is 125 Å². The Morgan fingerprint density at radius 1 is 0.950 bits per heavy atom. The minimum Gasteiger partial charge on any atom is -0.316 e. The summed E-state index contributed by atoms with van der Waals surface area (Å²) in [6.07, 6.45) is 1.12. The first kappa shape index (κ1) is 17.2. The Balaban J connectivity index is 2.32. The molecule has 0 bridgehead atoms. The molecule has 1 rings (SSSR count). The van der Waals surface area contributed by atoms with Crippen LogP contribution in [0.15, 0.2) is 24.3 Å². The minimum atomic E-state index is 0.728. The molecule has 0 saturated heterocycles. The van der Waals surface area contributed by atoms with Gasteiger partial charge in [0, 0.05) is 13.1 Å². The Bertz CT molecular complexity index is 354. The molecule has 0 aliphatic heterocycles. The highest BCUT2D eigenvalue weighted by atomic mass is 15.1. The number of hydrogen-bond acceptors (Lipinski definition) is 2. The number of rotatable bonds is 9. The van der Waals surface area contributed by atoms with Gasteiger partial charge in [-0.05, 0) is 49.5 Å². The number of nitrogens with one attached hydrogen (secondary N) is 1. The number of benzene rings is 1. The van der Waals surface area contributed by atoms with Crippen molar-refractivity contribution < 1.29 is 0 Å². The standard InChI is InChI=1S/C18H32N2/c1-15(2)12-19-11-10-17-6-8-18(9-7-17)14-20(5)13-16(3)4/h6-9,15-16,19H,10-14H2,1-5H3. The van der Waals surface area contributed by atoms with Crippen molar-refractivity contribution in [2.24, 2.45) is 11.8 Å².